The molecule has 3 nitrogen and oxygen atoms in total. The first-order valence-corrected chi connectivity index (χ1v) is 5.50. The van der Waals surface area contributed by atoms with Gasteiger partial charge in [0.15, 0.2) is 0 Å². The number of benzene rings is 1. The Labute approximate surface area is 98.1 Å². The summed E-state index contributed by atoms with van der Waals surface area (Å²) in [6.07, 6.45) is 5.37. The summed E-state index contributed by atoms with van der Waals surface area (Å²) in [5.74, 6) is -0.310. The number of nitriles is 1. The van der Waals surface area contributed by atoms with Gasteiger partial charge in [0.2, 0.25) is 0 Å². The van der Waals surface area contributed by atoms with Crippen molar-refractivity contribution >= 4 is 0 Å². The summed E-state index contributed by atoms with van der Waals surface area (Å²) in [7, 11) is 0. The van der Waals surface area contributed by atoms with Gasteiger partial charge in [0.1, 0.15) is 5.82 Å². The smallest absolute Gasteiger partial charge is 0.129 e. The molecule has 1 atom stereocenters. The maximum atomic E-state index is 13.9. The van der Waals surface area contributed by atoms with Crippen molar-refractivity contribution in [2.75, 3.05) is 0 Å². The molecular weight excluding hydrogens is 217 g/mol. The molecule has 0 unspecified atom stereocenters. The molecule has 1 aromatic carbocycles. The highest BCUT2D eigenvalue weighted by atomic mass is 19.1. The third-order valence-corrected chi connectivity index (χ3v) is 3.24. The van der Waals surface area contributed by atoms with Crippen molar-refractivity contribution in [1.29, 1.82) is 5.26 Å². The first-order valence-electron chi connectivity index (χ1n) is 5.50. The fourth-order valence-electron chi connectivity index (χ4n) is 2.40. The summed E-state index contributed by atoms with van der Waals surface area (Å²) in [4.78, 5) is 4.07. The van der Waals surface area contributed by atoms with Crippen molar-refractivity contribution in [2.45, 2.75) is 18.9 Å². The number of imidazole rings is 1. The van der Waals surface area contributed by atoms with Gasteiger partial charge in [0.05, 0.1) is 24.0 Å². The highest BCUT2D eigenvalue weighted by Crippen LogP contribution is 2.32. The highest BCUT2D eigenvalue weighted by molar-refractivity contribution is 5.35. The first kappa shape index (κ1) is 10.0. The Balaban J connectivity index is 2.05. The molecule has 4 heteroatoms. The van der Waals surface area contributed by atoms with E-state index in [0.29, 0.717) is 11.1 Å². The summed E-state index contributed by atoms with van der Waals surface area (Å²) in [5.41, 5.74) is 2.13. The second-order valence-corrected chi connectivity index (χ2v) is 4.19. The molecule has 0 N–H and O–H groups in total. The minimum atomic E-state index is -0.310. The van der Waals surface area contributed by atoms with Crippen molar-refractivity contribution in [3.05, 3.63) is 53.4 Å². The molecule has 1 aromatic heterocycles. The van der Waals surface area contributed by atoms with Crippen LogP contribution in [0.25, 0.3) is 0 Å². The SMILES string of the molecule is N#Cc1ccc([C@@H]2CCc3cncn32)c(F)c1. The Kier molecular flexibility index (Phi) is 2.19. The minimum Gasteiger partial charge on any atom is -0.327 e. The Morgan fingerprint density at radius 3 is 3.12 bits per heavy atom. The first-order chi connectivity index (χ1) is 8.29. The van der Waals surface area contributed by atoms with Crippen LogP contribution in [0.2, 0.25) is 0 Å². The Morgan fingerprint density at radius 1 is 1.47 bits per heavy atom. The molecule has 2 aromatic rings. The zero-order valence-electron chi connectivity index (χ0n) is 9.10. The van der Waals surface area contributed by atoms with E-state index in [4.69, 9.17) is 5.26 Å². The third kappa shape index (κ3) is 1.51. The average Bonchev–Trinajstić information content (AvgIpc) is 2.91. The molecule has 1 aliphatic heterocycles. The molecule has 0 aliphatic carbocycles. The molecule has 0 spiro atoms. The molecule has 84 valence electrons. The molecule has 2 heterocycles. The molecule has 1 aliphatic rings. The van der Waals surface area contributed by atoms with E-state index in [1.807, 2.05) is 16.8 Å². The van der Waals surface area contributed by atoms with Gasteiger partial charge in [0, 0.05) is 17.5 Å². The Bertz CT molecular complexity index is 609. The predicted octanol–water partition coefficient (Wildman–Crippen LogP) is 2.43. The lowest BCUT2D eigenvalue weighted by Gasteiger charge is -2.14. The molecule has 17 heavy (non-hydrogen) atoms. The predicted molar refractivity (Wildman–Crippen MR) is 59.8 cm³/mol. The summed E-state index contributed by atoms with van der Waals surface area (Å²) < 4.78 is 15.9. The van der Waals surface area contributed by atoms with Gasteiger partial charge in [-0.25, -0.2) is 9.37 Å². The maximum absolute atomic E-state index is 13.9. The van der Waals surface area contributed by atoms with E-state index in [1.165, 1.54) is 6.07 Å². The number of fused-ring (bicyclic) bond motifs is 1. The van der Waals surface area contributed by atoms with Crippen LogP contribution in [-0.4, -0.2) is 9.55 Å². The quantitative estimate of drug-likeness (QED) is 0.750. The van der Waals surface area contributed by atoms with Gasteiger partial charge >= 0.3 is 0 Å². The number of rotatable bonds is 1. The van der Waals surface area contributed by atoms with Crippen molar-refractivity contribution < 1.29 is 4.39 Å². The van der Waals surface area contributed by atoms with Gasteiger partial charge in [-0.3, -0.25) is 0 Å². The monoisotopic (exact) mass is 227 g/mol. The number of aryl methyl sites for hydroxylation is 1. The number of aromatic nitrogens is 2. The van der Waals surface area contributed by atoms with Gasteiger partial charge in [-0.05, 0) is 25.0 Å². The third-order valence-electron chi connectivity index (χ3n) is 3.24. The average molecular weight is 227 g/mol. The van der Waals surface area contributed by atoms with Crippen LogP contribution in [0.5, 0.6) is 0 Å². The molecule has 0 amide bonds. The fourth-order valence-corrected chi connectivity index (χ4v) is 2.40. The summed E-state index contributed by atoms with van der Waals surface area (Å²) in [6, 6.07) is 6.61. The van der Waals surface area contributed by atoms with Gasteiger partial charge in [0.25, 0.3) is 0 Å². The number of nitrogens with zero attached hydrogens (tertiary/aromatic N) is 3. The lowest BCUT2D eigenvalue weighted by Crippen LogP contribution is -2.06. The zero-order chi connectivity index (χ0) is 11.8. The molecular formula is C13H10FN3. The molecule has 0 bridgehead atoms. The van der Waals surface area contributed by atoms with Gasteiger partial charge in [-0.2, -0.15) is 5.26 Å². The van der Waals surface area contributed by atoms with Gasteiger partial charge in [-0.1, -0.05) is 6.07 Å². The second-order valence-electron chi connectivity index (χ2n) is 4.19. The van der Waals surface area contributed by atoms with E-state index < -0.39 is 0 Å². The lowest BCUT2D eigenvalue weighted by atomic mass is 10.0. The van der Waals surface area contributed by atoms with Crippen LogP contribution in [0, 0.1) is 17.1 Å². The minimum absolute atomic E-state index is 0.0141. The Hall–Kier alpha value is -2.15. The second kappa shape index (κ2) is 3.70. The molecule has 0 radical (unpaired) electrons. The van der Waals surface area contributed by atoms with Crippen molar-refractivity contribution in [1.82, 2.24) is 9.55 Å². The maximum Gasteiger partial charge on any atom is 0.129 e. The van der Waals surface area contributed by atoms with Crippen molar-refractivity contribution in [3.63, 3.8) is 0 Å². The summed E-state index contributed by atoms with van der Waals surface area (Å²) >= 11 is 0. The van der Waals surface area contributed by atoms with Crippen LogP contribution in [0.1, 0.15) is 29.3 Å². The van der Waals surface area contributed by atoms with E-state index >= 15 is 0 Å². The lowest BCUT2D eigenvalue weighted by molar-refractivity contribution is 0.545. The van der Waals surface area contributed by atoms with Crippen LogP contribution >= 0.6 is 0 Å². The number of hydrogen-bond donors (Lipinski definition) is 0. The van der Waals surface area contributed by atoms with E-state index in [0.717, 1.165) is 18.5 Å². The highest BCUT2D eigenvalue weighted by Gasteiger charge is 2.25. The van der Waals surface area contributed by atoms with Crippen LogP contribution in [-0.2, 0) is 6.42 Å². The van der Waals surface area contributed by atoms with E-state index in [2.05, 4.69) is 4.98 Å². The van der Waals surface area contributed by atoms with Crippen molar-refractivity contribution in [2.24, 2.45) is 0 Å². The molecule has 0 saturated carbocycles. The topological polar surface area (TPSA) is 41.6 Å². The largest absolute Gasteiger partial charge is 0.327 e. The van der Waals surface area contributed by atoms with Crippen LogP contribution < -0.4 is 0 Å². The standard InChI is InChI=1S/C13H10FN3/c14-12-5-9(6-15)1-3-11(12)13-4-2-10-7-16-8-17(10)13/h1,3,5,7-8,13H,2,4H2/t13-/m0/s1. The number of halogens is 1. The normalized spacial score (nSPS) is 17.8. The van der Waals surface area contributed by atoms with E-state index in [9.17, 15) is 4.39 Å². The Morgan fingerprint density at radius 2 is 2.35 bits per heavy atom. The van der Waals surface area contributed by atoms with E-state index in [-0.39, 0.29) is 11.9 Å². The van der Waals surface area contributed by atoms with Gasteiger partial charge in [-0.15, -0.1) is 0 Å². The van der Waals surface area contributed by atoms with Crippen LogP contribution in [0.3, 0.4) is 0 Å². The van der Waals surface area contributed by atoms with Crippen molar-refractivity contribution in [3.8, 4) is 6.07 Å². The zero-order valence-corrected chi connectivity index (χ0v) is 9.10. The van der Waals surface area contributed by atoms with Gasteiger partial charge < -0.3 is 4.57 Å². The molecule has 0 saturated heterocycles. The fraction of sp³-hybridized carbons (Fsp3) is 0.231. The number of hydrogen-bond acceptors (Lipinski definition) is 2. The van der Waals surface area contributed by atoms with E-state index in [1.54, 1.807) is 18.5 Å². The summed E-state index contributed by atoms with van der Waals surface area (Å²) in [6.45, 7) is 0. The van der Waals surface area contributed by atoms with Crippen LogP contribution in [0.4, 0.5) is 4.39 Å². The van der Waals surface area contributed by atoms with Crippen LogP contribution in [0.15, 0.2) is 30.7 Å². The molecule has 0 fully saturated rings. The summed E-state index contributed by atoms with van der Waals surface area (Å²) in [5, 5.41) is 8.71. The molecule has 3 rings (SSSR count).